The van der Waals surface area contributed by atoms with Crippen LogP contribution in [-0.4, -0.2) is 15.2 Å². The van der Waals surface area contributed by atoms with Crippen LogP contribution in [0.3, 0.4) is 0 Å². The molecule has 0 aliphatic heterocycles. The van der Waals surface area contributed by atoms with Crippen LogP contribution in [0.15, 0.2) is 42.6 Å². The van der Waals surface area contributed by atoms with Crippen molar-refractivity contribution in [2.75, 3.05) is 10.6 Å². The molecular weight excluding hydrogens is 336 g/mol. The predicted molar refractivity (Wildman–Crippen MR) is 88.9 cm³/mol. The Labute approximate surface area is 141 Å². The van der Waals surface area contributed by atoms with E-state index in [1.165, 1.54) is 12.3 Å². The summed E-state index contributed by atoms with van der Waals surface area (Å²) in [5.74, 6) is -1.14. The van der Waals surface area contributed by atoms with Gasteiger partial charge in [0, 0.05) is 10.7 Å². The second-order valence-electron chi connectivity index (χ2n) is 4.97. The van der Waals surface area contributed by atoms with E-state index in [9.17, 15) is 8.78 Å². The molecule has 0 atom stereocenters. The maximum Gasteiger partial charge on any atom is 0.249 e. The molecule has 2 aromatic carbocycles. The molecule has 122 valence electrons. The lowest BCUT2D eigenvalue weighted by molar-refractivity contribution is 0.590. The fourth-order valence-corrected chi connectivity index (χ4v) is 2.18. The Morgan fingerprint density at radius 2 is 1.79 bits per heavy atom. The van der Waals surface area contributed by atoms with Crippen molar-refractivity contribution < 1.29 is 8.78 Å². The Bertz CT molecular complexity index is 868. The molecule has 2 N–H and O–H groups in total. The van der Waals surface area contributed by atoms with E-state index in [4.69, 9.17) is 11.6 Å². The fraction of sp³-hybridized carbons (Fsp3) is 0.0625. The summed E-state index contributed by atoms with van der Waals surface area (Å²) >= 11 is 5.96. The van der Waals surface area contributed by atoms with Crippen LogP contribution in [0.1, 0.15) is 5.56 Å². The van der Waals surface area contributed by atoms with Crippen LogP contribution in [0, 0.1) is 18.6 Å². The largest absolute Gasteiger partial charge is 0.334 e. The Morgan fingerprint density at radius 1 is 1.04 bits per heavy atom. The molecule has 3 aromatic rings. The molecule has 0 saturated carbocycles. The van der Waals surface area contributed by atoms with Gasteiger partial charge in [-0.05, 0) is 36.8 Å². The third kappa shape index (κ3) is 3.57. The van der Waals surface area contributed by atoms with Crippen LogP contribution in [0.25, 0.3) is 0 Å². The molecule has 0 fully saturated rings. The van der Waals surface area contributed by atoms with Crippen LogP contribution in [0.4, 0.5) is 31.9 Å². The third-order valence-electron chi connectivity index (χ3n) is 3.22. The maximum absolute atomic E-state index is 13.7. The number of aryl methyl sites for hydroxylation is 1. The first-order valence-corrected chi connectivity index (χ1v) is 7.34. The molecule has 0 aliphatic carbocycles. The second kappa shape index (κ2) is 6.76. The van der Waals surface area contributed by atoms with Crippen molar-refractivity contribution in [3.05, 3.63) is 64.8 Å². The lowest BCUT2D eigenvalue weighted by Gasteiger charge is -2.10. The van der Waals surface area contributed by atoms with Crippen molar-refractivity contribution in [2.45, 2.75) is 6.92 Å². The first-order chi connectivity index (χ1) is 11.5. The minimum atomic E-state index is -0.728. The van der Waals surface area contributed by atoms with Gasteiger partial charge in [0.05, 0.1) is 6.20 Å². The Balaban J connectivity index is 1.86. The summed E-state index contributed by atoms with van der Waals surface area (Å²) in [6.07, 6.45) is 1.27. The topological polar surface area (TPSA) is 62.7 Å². The van der Waals surface area contributed by atoms with Gasteiger partial charge < -0.3 is 10.6 Å². The van der Waals surface area contributed by atoms with Crippen molar-refractivity contribution in [2.24, 2.45) is 0 Å². The third-order valence-corrected chi connectivity index (χ3v) is 3.46. The summed E-state index contributed by atoms with van der Waals surface area (Å²) in [7, 11) is 0. The SMILES string of the molecule is Cc1ccc(Cl)cc1Nc1nncc(Nc2c(F)cccc2F)n1. The number of hydrogen-bond acceptors (Lipinski definition) is 5. The molecule has 1 heterocycles. The van der Waals surface area contributed by atoms with Gasteiger partial charge in [0.15, 0.2) is 5.82 Å². The van der Waals surface area contributed by atoms with E-state index < -0.39 is 11.6 Å². The van der Waals surface area contributed by atoms with E-state index >= 15 is 0 Å². The number of nitrogens with one attached hydrogen (secondary N) is 2. The number of hydrogen-bond donors (Lipinski definition) is 2. The molecule has 0 spiro atoms. The minimum Gasteiger partial charge on any atom is -0.334 e. The summed E-state index contributed by atoms with van der Waals surface area (Å²) in [5.41, 5.74) is 1.34. The molecule has 0 radical (unpaired) electrons. The van der Waals surface area contributed by atoms with Crippen molar-refractivity contribution >= 4 is 34.7 Å². The molecule has 24 heavy (non-hydrogen) atoms. The van der Waals surface area contributed by atoms with E-state index in [-0.39, 0.29) is 17.5 Å². The molecule has 0 unspecified atom stereocenters. The van der Waals surface area contributed by atoms with Gasteiger partial charge in [-0.2, -0.15) is 10.1 Å². The summed E-state index contributed by atoms with van der Waals surface area (Å²) < 4.78 is 27.4. The van der Waals surface area contributed by atoms with Gasteiger partial charge in [-0.15, -0.1) is 5.10 Å². The van der Waals surface area contributed by atoms with Crippen LogP contribution in [-0.2, 0) is 0 Å². The lowest BCUT2D eigenvalue weighted by atomic mass is 10.2. The van der Waals surface area contributed by atoms with E-state index in [0.29, 0.717) is 10.7 Å². The summed E-state index contributed by atoms with van der Waals surface area (Å²) in [5, 5.41) is 13.7. The van der Waals surface area contributed by atoms with Gasteiger partial charge in [0.2, 0.25) is 5.95 Å². The molecule has 0 amide bonds. The number of halogens is 3. The monoisotopic (exact) mass is 347 g/mol. The minimum absolute atomic E-state index is 0.149. The first-order valence-electron chi connectivity index (χ1n) is 6.97. The van der Waals surface area contributed by atoms with Crippen LogP contribution in [0.5, 0.6) is 0 Å². The molecule has 5 nitrogen and oxygen atoms in total. The quantitative estimate of drug-likeness (QED) is 0.722. The van der Waals surface area contributed by atoms with Gasteiger partial charge in [0.1, 0.15) is 17.3 Å². The van der Waals surface area contributed by atoms with Crippen molar-refractivity contribution in [1.82, 2.24) is 15.2 Å². The average molecular weight is 348 g/mol. The zero-order valence-electron chi connectivity index (χ0n) is 12.5. The van der Waals surface area contributed by atoms with Crippen LogP contribution >= 0.6 is 11.6 Å². The smallest absolute Gasteiger partial charge is 0.249 e. The van der Waals surface area contributed by atoms with Gasteiger partial charge in [-0.25, -0.2) is 8.78 Å². The number of aromatic nitrogens is 3. The molecule has 0 aliphatic rings. The van der Waals surface area contributed by atoms with E-state index in [0.717, 1.165) is 17.7 Å². The van der Waals surface area contributed by atoms with Crippen LogP contribution in [0.2, 0.25) is 5.02 Å². The number of anilines is 4. The zero-order chi connectivity index (χ0) is 17.1. The van der Waals surface area contributed by atoms with Gasteiger partial charge in [-0.3, -0.25) is 0 Å². The van der Waals surface area contributed by atoms with Gasteiger partial charge in [0.25, 0.3) is 0 Å². The number of benzene rings is 2. The lowest BCUT2D eigenvalue weighted by Crippen LogP contribution is -2.05. The number of rotatable bonds is 4. The summed E-state index contributed by atoms with van der Waals surface area (Å²) in [6, 6.07) is 8.90. The van der Waals surface area contributed by atoms with Crippen molar-refractivity contribution in [3.8, 4) is 0 Å². The Hall–Kier alpha value is -2.80. The molecule has 8 heteroatoms. The summed E-state index contributed by atoms with van der Waals surface area (Å²) in [6.45, 7) is 1.89. The Morgan fingerprint density at radius 3 is 2.54 bits per heavy atom. The summed E-state index contributed by atoms with van der Waals surface area (Å²) in [4.78, 5) is 4.14. The molecule has 3 rings (SSSR count). The normalized spacial score (nSPS) is 10.5. The van der Waals surface area contributed by atoms with Gasteiger partial charge in [-0.1, -0.05) is 23.7 Å². The highest BCUT2D eigenvalue weighted by molar-refractivity contribution is 6.30. The van der Waals surface area contributed by atoms with E-state index in [1.807, 2.05) is 13.0 Å². The molecular formula is C16H12ClF2N5. The van der Waals surface area contributed by atoms with E-state index in [1.54, 1.807) is 12.1 Å². The molecule has 0 saturated heterocycles. The Kier molecular flexibility index (Phi) is 4.52. The standard InChI is InChI=1S/C16H12ClF2N5/c1-9-5-6-10(17)7-13(9)21-16-23-14(8-20-24-16)22-15-11(18)3-2-4-12(15)19/h2-8H,1H3,(H2,21,22,23,24). The van der Waals surface area contributed by atoms with Crippen LogP contribution < -0.4 is 10.6 Å². The highest BCUT2D eigenvalue weighted by Crippen LogP contribution is 2.24. The second-order valence-corrected chi connectivity index (χ2v) is 5.41. The number of para-hydroxylation sites is 1. The maximum atomic E-state index is 13.7. The zero-order valence-corrected chi connectivity index (χ0v) is 13.3. The molecule has 1 aromatic heterocycles. The fourth-order valence-electron chi connectivity index (χ4n) is 2.01. The van der Waals surface area contributed by atoms with Gasteiger partial charge >= 0.3 is 0 Å². The highest BCUT2D eigenvalue weighted by Gasteiger charge is 2.10. The van der Waals surface area contributed by atoms with Crippen molar-refractivity contribution in [1.29, 1.82) is 0 Å². The predicted octanol–water partition coefficient (Wildman–Crippen LogP) is 4.60. The van der Waals surface area contributed by atoms with Crippen molar-refractivity contribution in [3.63, 3.8) is 0 Å². The molecule has 0 bridgehead atoms. The average Bonchev–Trinajstić information content (AvgIpc) is 2.55. The first kappa shape index (κ1) is 16.1. The van der Waals surface area contributed by atoms with E-state index in [2.05, 4.69) is 25.8 Å². The number of nitrogens with zero attached hydrogens (tertiary/aromatic N) is 3. The highest BCUT2D eigenvalue weighted by atomic mass is 35.5.